The van der Waals surface area contributed by atoms with Crippen molar-refractivity contribution >= 4 is 11.5 Å². The Balaban J connectivity index is 2.25. The first-order valence-electron chi connectivity index (χ1n) is 4.46. The average Bonchev–Trinajstić information content (AvgIpc) is 2.87. The molecule has 1 atom stereocenters. The molecule has 1 N–H and O–H groups in total. The van der Waals surface area contributed by atoms with Gasteiger partial charge in [-0.25, -0.2) is 0 Å². The van der Waals surface area contributed by atoms with Crippen LogP contribution in [0.15, 0.2) is 29.0 Å². The minimum Gasteiger partial charge on any atom is -0.467 e. The molecule has 0 saturated heterocycles. The third-order valence-electron chi connectivity index (χ3n) is 1.90. The minimum absolute atomic E-state index is 0.0787. The molecule has 0 spiro atoms. The van der Waals surface area contributed by atoms with E-state index in [0.29, 0.717) is 0 Å². The van der Waals surface area contributed by atoms with Crippen molar-refractivity contribution < 1.29 is 4.42 Å². The molecule has 74 valence electrons. The summed E-state index contributed by atoms with van der Waals surface area (Å²) in [7, 11) is 0. The van der Waals surface area contributed by atoms with Gasteiger partial charge < -0.3 is 9.73 Å². The third-order valence-corrected chi connectivity index (χ3v) is 2.63. The van der Waals surface area contributed by atoms with Crippen LogP contribution in [0, 0.1) is 0 Å². The molecule has 14 heavy (non-hydrogen) atoms. The summed E-state index contributed by atoms with van der Waals surface area (Å²) in [5.41, 5.74) is 0. The molecule has 0 bridgehead atoms. The van der Waals surface area contributed by atoms with E-state index in [0.717, 1.165) is 17.2 Å². The molecule has 1 unspecified atom stereocenters. The Hall–Kier alpha value is -1.20. The number of nitrogens with one attached hydrogen (secondary N) is 1. The second kappa shape index (κ2) is 4.34. The lowest BCUT2D eigenvalue weighted by Gasteiger charge is -2.11. The lowest BCUT2D eigenvalue weighted by atomic mass is 10.2. The maximum absolute atomic E-state index is 5.36. The monoisotopic (exact) mass is 209 g/mol. The molecule has 5 heteroatoms. The van der Waals surface area contributed by atoms with E-state index < -0.39 is 0 Å². The topological polar surface area (TPSA) is 51.0 Å². The van der Waals surface area contributed by atoms with Gasteiger partial charge in [-0.2, -0.15) is 0 Å². The van der Waals surface area contributed by atoms with Gasteiger partial charge in [0, 0.05) is 0 Å². The van der Waals surface area contributed by atoms with E-state index in [-0.39, 0.29) is 6.04 Å². The molecule has 2 rings (SSSR count). The van der Waals surface area contributed by atoms with E-state index in [1.54, 1.807) is 12.5 Å². The van der Waals surface area contributed by atoms with E-state index >= 15 is 0 Å². The van der Waals surface area contributed by atoms with Crippen molar-refractivity contribution in [3.05, 3.63) is 35.2 Å². The summed E-state index contributed by atoms with van der Waals surface area (Å²) in [4.78, 5) is 1.07. The molecule has 0 amide bonds. The molecule has 0 saturated carbocycles. The molecule has 2 aromatic heterocycles. The van der Waals surface area contributed by atoms with Gasteiger partial charge in [-0.3, -0.25) is 0 Å². The Morgan fingerprint density at radius 1 is 1.64 bits per heavy atom. The second-order valence-corrected chi connectivity index (χ2v) is 3.64. The first kappa shape index (κ1) is 9.36. The average molecular weight is 209 g/mol. The molecule has 0 radical (unpaired) electrons. The molecule has 0 aliphatic rings. The lowest BCUT2D eigenvalue weighted by molar-refractivity contribution is 0.455. The van der Waals surface area contributed by atoms with E-state index in [4.69, 9.17) is 4.42 Å². The molecule has 0 aromatic carbocycles. The van der Waals surface area contributed by atoms with Crippen molar-refractivity contribution in [1.29, 1.82) is 0 Å². The van der Waals surface area contributed by atoms with Gasteiger partial charge in [0.1, 0.15) is 11.8 Å². The van der Waals surface area contributed by atoms with E-state index in [1.807, 2.05) is 12.1 Å². The summed E-state index contributed by atoms with van der Waals surface area (Å²) < 4.78 is 9.21. The number of hydrogen-bond donors (Lipinski definition) is 1. The van der Waals surface area contributed by atoms with Crippen molar-refractivity contribution in [1.82, 2.24) is 14.9 Å². The molecule has 0 fully saturated rings. The SMILES string of the molecule is CCNC(c1ccco1)c1cnns1. The van der Waals surface area contributed by atoms with Crippen LogP contribution in [0.4, 0.5) is 0 Å². The molecule has 2 aromatic rings. The van der Waals surface area contributed by atoms with Crippen LogP contribution >= 0.6 is 11.5 Å². The molecule has 2 heterocycles. The number of hydrogen-bond acceptors (Lipinski definition) is 5. The fourth-order valence-electron chi connectivity index (χ4n) is 1.30. The predicted octanol–water partition coefficient (Wildman–Crippen LogP) is 1.83. The Morgan fingerprint density at radius 2 is 2.57 bits per heavy atom. The highest BCUT2D eigenvalue weighted by molar-refractivity contribution is 7.05. The van der Waals surface area contributed by atoms with Gasteiger partial charge in [-0.15, -0.1) is 5.10 Å². The fraction of sp³-hybridized carbons (Fsp3) is 0.333. The van der Waals surface area contributed by atoms with Gasteiger partial charge in [0.2, 0.25) is 0 Å². The van der Waals surface area contributed by atoms with Gasteiger partial charge >= 0.3 is 0 Å². The van der Waals surface area contributed by atoms with Gasteiger partial charge in [0.25, 0.3) is 0 Å². The van der Waals surface area contributed by atoms with Crippen LogP contribution in [0.25, 0.3) is 0 Å². The zero-order valence-electron chi connectivity index (χ0n) is 7.80. The normalized spacial score (nSPS) is 12.9. The van der Waals surface area contributed by atoms with Gasteiger partial charge in [0.15, 0.2) is 0 Å². The molecule has 0 aliphatic carbocycles. The maximum Gasteiger partial charge on any atom is 0.126 e. The Morgan fingerprint density at radius 3 is 3.14 bits per heavy atom. The summed E-state index contributed by atoms with van der Waals surface area (Å²) in [5.74, 6) is 0.901. The second-order valence-electron chi connectivity index (χ2n) is 2.83. The summed E-state index contributed by atoms with van der Waals surface area (Å²) >= 11 is 1.39. The zero-order chi connectivity index (χ0) is 9.80. The van der Waals surface area contributed by atoms with E-state index in [2.05, 4.69) is 21.8 Å². The largest absolute Gasteiger partial charge is 0.467 e. The van der Waals surface area contributed by atoms with Crippen LogP contribution < -0.4 is 5.32 Å². The van der Waals surface area contributed by atoms with Crippen LogP contribution in [-0.2, 0) is 0 Å². The number of nitrogens with zero attached hydrogens (tertiary/aromatic N) is 2. The smallest absolute Gasteiger partial charge is 0.126 e. The van der Waals surface area contributed by atoms with E-state index in [9.17, 15) is 0 Å². The van der Waals surface area contributed by atoms with Crippen molar-refractivity contribution in [3.63, 3.8) is 0 Å². The van der Waals surface area contributed by atoms with Crippen molar-refractivity contribution in [2.75, 3.05) is 6.54 Å². The standard InChI is InChI=1S/C9H11N3OS/c1-2-10-9(7-4-3-5-13-7)8-6-11-12-14-8/h3-6,9-10H,2H2,1H3. The molecular weight excluding hydrogens is 198 g/mol. The van der Waals surface area contributed by atoms with Crippen LogP contribution in [0.1, 0.15) is 23.6 Å². The highest BCUT2D eigenvalue weighted by Crippen LogP contribution is 2.23. The van der Waals surface area contributed by atoms with Gasteiger partial charge in [-0.05, 0) is 30.2 Å². The predicted molar refractivity (Wildman–Crippen MR) is 54.1 cm³/mol. The highest BCUT2D eigenvalue weighted by atomic mass is 32.1. The van der Waals surface area contributed by atoms with Gasteiger partial charge in [0.05, 0.1) is 17.3 Å². The summed E-state index contributed by atoms with van der Waals surface area (Å²) in [5, 5.41) is 7.15. The quantitative estimate of drug-likeness (QED) is 0.834. The number of furan rings is 1. The number of rotatable bonds is 4. The van der Waals surface area contributed by atoms with Crippen LogP contribution in [0.2, 0.25) is 0 Å². The Bertz CT molecular complexity index is 323. The molecule has 4 nitrogen and oxygen atoms in total. The maximum atomic E-state index is 5.36. The molecular formula is C9H11N3OS. The minimum atomic E-state index is 0.0787. The highest BCUT2D eigenvalue weighted by Gasteiger charge is 2.17. The van der Waals surface area contributed by atoms with E-state index in [1.165, 1.54) is 11.5 Å². The first-order chi connectivity index (χ1) is 6.92. The lowest BCUT2D eigenvalue weighted by Crippen LogP contribution is -2.20. The van der Waals surface area contributed by atoms with Crippen molar-refractivity contribution in [2.45, 2.75) is 13.0 Å². The van der Waals surface area contributed by atoms with Crippen LogP contribution in [0.3, 0.4) is 0 Å². The van der Waals surface area contributed by atoms with Crippen LogP contribution in [0.5, 0.6) is 0 Å². The fourth-order valence-corrected chi connectivity index (χ4v) is 1.89. The number of aromatic nitrogens is 2. The van der Waals surface area contributed by atoms with Gasteiger partial charge in [-0.1, -0.05) is 11.4 Å². The summed E-state index contributed by atoms with van der Waals surface area (Å²) in [6, 6.07) is 3.91. The first-order valence-corrected chi connectivity index (χ1v) is 5.23. The van der Waals surface area contributed by atoms with Crippen molar-refractivity contribution in [2.24, 2.45) is 0 Å². The van der Waals surface area contributed by atoms with Crippen LogP contribution in [-0.4, -0.2) is 16.1 Å². The zero-order valence-corrected chi connectivity index (χ0v) is 8.62. The Kier molecular flexibility index (Phi) is 2.90. The van der Waals surface area contributed by atoms with Crippen molar-refractivity contribution in [3.8, 4) is 0 Å². The summed E-state index contributed by atoms with van der Waals surface area (Å²) in [6.45, 7) is 2.94. The summed E-state index contributed by atoms with van der Waals surface area (Å²) in [6.07, 6.45) is 3.44. The Labute approximate surface area is 86.1 Å². The third kappa shape index (κ3) is 1.83. The molecule has 0 aliphatic heterocycles.